The van der Waals surface area contributed by atoms with Gasteiger partial charge in [-0.25, -0.2) is 0 Å². The molecule has 0 radical (unpaired) electrons. The molecule has 84 valence electrons. The van der Waals surface area contributed by atoms with Crippen molar-refractivity contribution in [1.82, 2.24) is 0 Å². The summed E-state index contributed by atoms with van der Waals surface area (Å²) in [7, 11) is 1.72. The van der Waals surface area contributed by atoms with Gasteiger partial charge in [-0.1, -0.05) is 29.8 Å². The van der Waals surface area contributed by atoms with Gasteiger partial charge in [-0.3, -0.25) is 0 Å². The maximum absolute atomic E-state index is 6.12. The fraction of sp³-hybridized carbons (Fsp3) is 0.500. The largest absolute Gasteiger partial charge is 0.385 e. The van der Waals surface area contributed by atoms with E-state index in [1.165, 1.54) is 0 Å². The van der Waals surface area contributed by atoms with E-state index >= 15 is 0 Å². The van der Waals surface area contributed by atoms with Crippen LogP contribution in [0, 0.1) is 0 Å². The smallest absolute Gasteiger partial charge is 0.0462 e. The van der Waals surface area contributed by atoms with Gasteiger partial charge in [0.15, 0.2) is 0 Å². The molecular formula is C12H18ClNO. The van der Waals surface area contributed by atoms with E-state index < -0.39 is 0 Å². The van der Waals surface area contributed by atoms with E-state index in [1.807, 2.05) is 24.3 Å². The van der Waals surface area contributed by atoms with Gasteiger partial charge in [-0.15, -0.1) is 0 Å². The van der Waals surface area contributed by atoms with Crippen molar-refractivity contribution in [3.05, 3.63) is 34.9 Å². The van der Waals surface area contributed by atoms with Gasteiger partial charge in [0, 0.05) is 18.7 Å². The van der Waals surface area contributed by atoms with Crippen molar-refractivity contribution in [3.8, 4) is 0 Å². The number of hydrogen-bond acceptors (Lipinski definition) is 2. The summed E-state index contributed by atoms with van der Waals surface area (Å²) in [6.45, 7) is 1.41. The highest BCUT2D eigenvalue weighted by Gasteiger charge is 2.11. The predicted octanol–water partition coefficient (Wildman–Crippen LogP) is 2.81. The van der Waals surface area contributed by atoms with Crippen LogP contribution in [0.2, 0.25) is 5.02 Å². The normalized spacial score (nSPS) is 12.7. The van der Waals surface area contributed by atoms with Crippen LogP contribution >= 0.6 is 11.6 Å². The number of halogens is 1. The predicted molar refractivity (Wildman–Crippen MR) is 64.4 cm³/mol. The van der Waals surface area contributed by atoms with Crippen LogP contribution in [0.3, 0.4) is 0 Å². The van der Waals surface area contributed by atoms with Crippen molar-refractivity contribution in [2.45, 2.75) is 18.8 Å². The molecule has 0 aliphatic carbocycles. The summed E-state index contributed by atoms with van der Waals surface area (Å²) in [6.07, 6.45) is 2.04. The van der Waals surface area contributed by atoms with Crippen molar-refractivity contribution in [1.29, 1.82) is 0 Å². The Morgan fingerprint density at radius 3 is 2.73 bits per heavy atom. The highest BCUT2D eigenvalue weighted by molar-refractivity contribution is 6.31. The average Bonchev–Trinajstić information content (AvgIpc) is 2.26. The number of benzene rings is 1. The molecule has 0 saturated heterocycles. The van der Waals surface area contributed by atoms with Gasteiger partial charge >= 0.3 is 0 Å². The Balaban J connectivity index is 2.61. The lowest BCUT2D eigenvalue weighted by atomic mass is 9.94. The highest BCUT2D eigenvalue weighted by Crippen LogP contribution is 2.26. The second kappa shape index (κ2) is 6.83. The zero-order chi connectivity index (χ0) is 11.1. The lowest BCUT2D eigenvalue weighted by Gasteiger charge is -2.16. The van der Waals surface area contributed by atoms with Gasteiger partial charge in [-0.05, 0) is 36.9 Å². The maximum Gasteiger partial charge on any atom is 0.0462 e. The monoisotopic (exact) mass is 227 g/mol. The number of hydrogen-bond donors (Lipinski definition) is 1. The van der Waals surface area contributed by atoms with Crippen molar-refractivity contribution in [2.24, 2.45) is 5.73 Å². The van der Waals surface area contributed by atoms with E-state index in [0.29, 0.717) is 12.5 Å². The Morgan fingerprint density at radius 2 is 2.13 bits per heavy atom. The topological polar surface area (TPSA) is 35.2 Å². The Labute approximate surface area is 96.4 Å². The third kappa shape index (κ3) is 3.82. The van der Waals surface area contributed by atoms with E-state index in [9.17, 15) is 0 Å². The molecule has 2 nitrogen and oxygen atoms in total. The first-order valence-corrected chi connectivity index (χ1v) is 5.60. The Hall–Kier alpha value is -0.570. The molecule has 0 aromatic heterocycles. The molecule has 3 heteroatoms. The number of rotatable bonds is 6. The second-order valence-electron chi connectivity index (χ2n) is 3.59. The first-order valence-electron chi connectivity index (χ1n) is 5.23. The van der Waals surface area contributed by atoms with Gasteiger partial charge in [0.2, 0.25) is 0 Å². The number of methoxy groups -OCH3 is 1. The molecule has 0 aliphatic rings. The van der Waals surface area contributed by atoms with Gasteiger partial charge in [0.25, 0.3) is 0 Å². The molecular weight excluding hydrogens is 210 g/mol. The second-order valence-corrected chi connectivity index (χ2v) is 4.00. The van der Waals surface area contributed by atoms with Crippen molar-refractivity contribution in [2.75, 3.05) is 20.3 Å². The van der Waals surface area contributed by atoms with Crippen LogP contribution in [0.1, 0.15) is 24.3 Å². The summed E-state index contributed by atoms with van der Waals surface area (Å²) in [5.41, 5.74) is 6.91. The van der Waals surface area contributed by atoms with Crippen molar-refractivity contribution in [3.63, 3.8) is 0 Å². The zero-order valence-electron chi connectivity index (χ0n) is 9.08. The minimum absolute atomic E-state index is 0.342. The molecule has 1 atom stereocenters. The molecule has 1 aromatic rings. The molecule has 15 heavy (non-hydrogen) atoms. The molecule has 0 heterocycles. The van der Waals surface area contributed by atoms with Crippen LogP contribution in [0.5, 0.6) is 0 Å². The molecule has 0 aliphatic heterocycles. The summed E-state index contributed by atoms with van der Waals surface area (Å²) >= 11 is 6.12. The highest BCUT2D eigenvalue weighted by atomic mass is 35.5. The molecule has 0 bridgehead atoms. The summed E-state index contributed by atoms with van der Waals surface area (Å²) < 4.78 is 5.03. The first kappa shape index (κ1) is 12.5. The van der Waals surface area contributed by atoms with Gasteiger partial charge in [-0.2, -0.15) is 0 Å². The van der Waals surface area contributed by atoms with Crippen LogP contribution < -0.4 is 5.73 Å². The van der Waals surface area contributed by atoms with E-state index in [1.54, 1.807) is 7.11 Å². The minimum atomic E-state index is 0.342. The summed E-state index contributed by atoms with van der Waals surface area (Å²) in [5.74, 6) is 0.342. The third-order valence-corrected chi connectivity index (χ3v) is 2.87. The maximum atomic E-state index is 6.12. The Morgan fingerprint density at radius 1 is 1.40 bits per heavy atom. The quantitative estimate of drug-likeness (QED) is 0.759. The third-order valence-electron chi connectivity index (χ3n) is 2.53. The van der Waals surface area contributed by atoms with E-state index in [-0.39, 0.29) is 0 Å². The standard InChI is InChI=1S/C12H18ClNO/c1-15-8-4-5-10(9-14)11-6-2-3-7-12(11)13/h2-3,6-7,10H,4-5,8-9,14H2,1H3. The molecule has 1 unspecified atom stereocenters. The fourth-order valence-corrected chi connectivity index (χ4v) is 1.97. The number of ether oxygens (including phenoxy) is 1. The van der Waals surface area contributed by atoms with Crippen LogP contribution in [-0.4, -0.2) is 20.3 Å². The molecule has 2 N–H and O–H groups in total. The lowest BCUT2D eigenvalue weighted by molar-refractivity contribution is 0.190. The van der Waals surface area contributed by atoms with Crippen molar-refractivity contribution >= 4 is 11.6 Å². The SMILES string of the molecule is COCCCC(CN)c1ccccc1Cl. The van der Waals surface area contributed by atoms with Crippen LogP contribution in [0.4, 0.5) is 0 Å². The minimum Gasteiger partial charge on any atom is -0.385 e. The molecule has 1 aromatic carbocycles. The molecule has 0 spiro atoms. The van der Waals surface area contributed by atoms with Gasteiger partial charge in [0.05, 0.1) is 0 Å². The molecule has 1 rings (SSSR count). The van der Waals surface area contributed by atoms with E-state index in [0.717, 1.165) is 30.0 Å². The van der Waals surface area contributed by atoms with Gasteiger partial charge in [0.1, 0.15) is 0 Å². The first-order chi connectivity index (χ1) is 7.29. The van der Waals surface area contributed by atoms with Gasteiger partial charge < -0.3 is 10.5 Å². The summed E-state index contributed by atoms with van der Waals surface area (Å²) in [5, 5.41) is 0.811. The number of nitrogens with two attached hydrogens (primary N) is 1. The average molecular weight is 228 g/mol. The van der Waals surface area contributed by atoms with E-state index in [4.69, 9.17) is 22.1 Å². The Kier molecular flexibility index (Phi) is 5.69. The molecule has 0 amide bonds. The van der Waals surface area contributed by atoms with Crippen LogP contribution in [0.15, 0.2) is 24.3 Å². The van der Waals surface area contributed by atoms with Crippen LogP contribution in [-0.2, 0) is 4.74 Å². The van der Waals surface area contributed by atoms with Crippen molar-refractivity contribution < 1.29 is 4.74 Å². The molecule has 0 saturated carbocycles. The fourth-order valence-electron chi connectivity index (χ4n) is 1.68. The van der Waals surface area contributed by atoms with Crippen LogP contribution in [0.25, 0.3) is 0 Å². The Bertz CT molecular complexity index is 291. The summed E-state index contributed by atoms with van der Waals surface area (Å²) in [6, 6.07) is 7.90. The van der Waals surface area contributed by atoms with E-state index in [2.05, 4.69) is 0 Å². The lowest BCUT2D eigenvalue weighted by Crippen LogP contribution is -2.13. The molecule has 0 fully saturated rings. The zero-order valence-corrected chi connectivity index (χ0v) is 9.83. The summed E-state index contributed by atoms with van der Waals surface area (Å²) in [4.78, 5) is 0.